The van der Waals surface area contributed by atoms with Crippen LogP contribution in [-0.2, 0) is 19.6 Å². The number of hydrogen-bond acceptors (Lipinski definition) is 5. The van der Waals surface area contributed by atoms with E-state index in [0.717, 1.165) is 18.4 Å². The quantitative estimate of drug-likeness (QED) is 0.334. The molecule has 9 heteroatoms. The maximum absolute atomic E-state index is 12.8. The van der Waals surface area contributed by atoms with Gasteiger partial charge >= 0.3 is 5.97 Å². The van der Waals surface area contributed by atoms with E-state index >= 15 is 0 Å². The van der Waals surface area contributed by atoms with Gasteiger partial charge in [-0.2, -0.15) is 0 Å². The first kappa shape index (κ1) is 23.5. The molecule has 1 saturated heterocycles. The number of aromatic carboxylic acids is 1. The summed E-state index contributed by atoms with van der Waals surface area (Å²) in [6, 6.07) is 6.59. The average Bonchev–Trinajstić information content (AvgIpc) is 2.66. The average molecular weight is 426 g/mol. The highest BCUT2D eigenvalue weighted by atomic mass is 31.2. The lowest BCUT2D eigenvalue weighted by molar-refractivity contribution is -0.118. The molecule has 0 spiro atoms. The van der Waals surface area contributed by atoms with Crippen LogP contribution in [0.25, 0.3) is 0 Å². The van der Waals surface area contributed by atoms with Crippen molar-refractivity contribution in [1.82, 2.24) is 10.6 Å². The van der Waals surface area contributed by atoms with Gasteiger partial charge in [0.2, 0.25) is 13.3 Å². The molecule has 0 bridgehead atoms. The summed E-state index contributed by atoms with van der Waals surface area (Å²) in [4.78, 5) is 32.7. The third-order valence-electron chi connectivity index (χ3n) is 5.28. The molecule has 0 aliphatic carbocycles. The van der Waals surface area contributed by atoms with Crippen molar-refractivity contribution < 1.29 is 28.9 Å². The summed E-state index contributed by atoms with van der Waals surface area (Å²) < 4.78 is 18.7. The molecule has 1 aromatic carbocycles. The van der Waals surface area contributed by atoms with Gasteiger partial charge in [0.05, 0.1) is 30.0 Å². The van der Waals surface area contributed by atoms with E-state index < -0.39 is 25.0 Å². The topological polar surface area (TPSA) is 125 Å². The number of morpholine rings is 1. The zero-order chi connectivity index (χ0) is 21.5. The van der Waals surface area contributed by atoms with Crippen molar-refractivity contribution in [3.8, 4) is 0 Å². The second kappa shape index (κ2) is 10.3. The number of carbonyl (C=O) groups is 2. The molecule has 3 unspecified atom stereocenters. The van der Waals surface area contributed by atoms with E-state index in [9.17, 15) is 24.2 Å². The van der Waals surface area contributed by atoms with Gasteiger partial charge in [-0.05, 0) is 37.5 Å². The fourth-order valence-electron chi connectivity index (χ4n) is 3.57. The van der Waals surface area contributed by atoms with Crippen molar-refractivity contribution >= 4 is 19.2 Å². The minimum atomic E-state index is -3.43. The molecule has 1 aromatic rings. The molecule has 0 aromatic heterocycles. The number of nitrogens with one attached hydrogen (secondary N) is 2. The molecular formula is C20H31N2O6P. The number of rotatable bonds is 10. The Hall–Kier alpha value is -1.73. The van der Waals surface area contributed by atoms with Crippen LogP contribution in [0, 0.1) is 0 Å². The summed E-state index contributed by atoms with van der Waals surface area (Å²) in [5, 5.41) is 15.3. The van der Waals surface area contributed by atoms with E-state index in [0.29, 0.717) is 26.1 Å². The van der Waals surface area contributed by atoms with E-state index in [-0.39, 0.29) is 23.8 Å². The highest BCUT2D eigenvalue weighted by Gasteiger charge is 2.42. The first-order valence-corrected chi connectivity index (χ1v) is 11.9. The molecule has 1 fully saturated rings. The summed E-state index contributed by atoms with van der Waals surface area (Å²) in [5.74, 6) is -1.10. The predicted octanol–water partition coefficient (Wildman–Crippen LogP) is 2.17. The van der Waals surface area contributed by atoms with E-state index in [1.54, 1.807) is 12.1 Å². The van der Waals surface area contributed by atoms with Crippen LogP contribution in [0.5, 0.6) is 0 Å². The van der Waals surface area contributed by atoms with Gasteiger partial charge in [-0.3, -0.25) is 9.36 Å². The molecule has 3 atom stereocenters. The van der Waals surface area contributed by atoms with Crippen molar-refractivity contribution in [2.45, 2.75) is 44.8 Å². The Morgan fingerprint density at radius 3 is 2.79 bits per heavy atom. The van der Waals surface area contributed by atoms with Crippen molar-refractivity contribution in [2.75, 3.05) is 32.0 Å². The SMILES string of the molecule is CC(=O)NCCCCCP(=O)(O)CC1OCCNC1(C)c1cccc(C(=O)O)c1. The first-order chi connectivity index (χ1) is 13.6. The minimum absolute atomic E-state index is 0.000501. The van der Waals surface area contributed by atoms with E-state index in [1.165, 1.54) is 13.0 Å². The molecular weight excluding hydrogens is 395 g/mol. The Kier molecular flexibility index (Phi) is 8.40. The number of carbonyl (C=O) groups excluding carboxylic acids is 1. The van der Waals surface area contributed by atoms with Crippen LogP contribution in [0.1, 0.15) is 49.0 Å². The fourth-order valence-corrected chi connectivity index (χ4v) is 5.46. The van der Waals surface area contributed by atoms with E-state index in [4.69, 9.17) is 4.74 Å². The van der Waals surface area contributed by atoms with Crippen LogP contribution < -0.4 is 10.6 Å². The summed E-state index contributed by atoms with van der Waals surface area (Å²) >= 11 is 0. The zero-order valence-corrected chi connectivity index (χ0v) is 17.9. The monoisotopic (exact) mass is 426 g/mol. The number of unbranched alkanes of at least 4 members (excludes halogenated alkanes) is 2. The number of carboxylic acids is 1. The largest absolute Gasteiger partial charge is 0.478 e. The van der Waals surface area contributed by atoms with Crippen molar-refractivity contribution in [3.63, 3.8) is 0 Å². The summed E-state index contributed by atoms with van der Waals surface area (Å²) in [6.45, 7) is 4.91. The van der Waals surface area contributed by atoms with Crippen LogP contribution in [-0.4, -0.2) is 60.0 Å². The number of benzene rings is 1. The molecule has 29 heavy (non-hydrogen) atoms. The second-order valence-corrected chi connectivity index (χ2v) is 10.2. The molecule has 1 aliphatic rings. The maximum Gasteiger partial charge on any atom is 0.335 e. The highest BCUT2D eigenvalue weighted by Crippen LogP contribution is 2.46. The van der Waals surface area contributed by atoms with Crippen LogP contribution in [0.3, 0.4) is 0 Å². The number of hydrogen-bond donors (Lipinski definition) is 4. The van der Waals surface area contributed by atoms with Gasteiger partial charge in [-0.25, -0.2) is 4.79 Å². The Balaban J connectivity index is 2.01. The maximum atomic E-state index is 12.8. The van der Waals surface area contributed by atoms with Gasteiger partial charge < -0.3 is 25.4 Å². The smallest absolute Gasteiger partial charge is 0.335 e. The van der Waals surface area contributed by atoms with Gasteiger partial charge in [0, 0.05) is 26.2 Å². The zero-order valence-electron chi connectivity index (χ0n) is 17.0. The van der Waals surface area contributed by atoms with Crippen molar-refractivity contribution in [2.24, 2.45) is 0 Å². The Bertz CT molecular complexity index is 771. The number of carboxylic acid groups (broad SMARTS) is 1. The standard InChI is InChI=1S/C20H31N2O6P/c1-15(23)21-9-4-3-5-12-29(26,27)14-18-20(2,22-10-11-28-18)17-8-6-7-16(13-17)19(24)25/h6-8,13,18,22H,3-5,9-12,14H2,1-2H3,(H,21,23)(H,24,25)(H,26,27). The molecule has 2 rings (SSSR count). The lowest BCUT2D eigenvalue weighted by Gasteiger charge is -2.43. The van der Waals surface area contributed by atoms with E-state index in [1.807, 2.05) is 13.0 Å². The minimum Gasteiger partial charge on any atom is -0.478 e. The van der Waals surface area contributed by atoms with Crippen LogP contribution in [0.2, 0.25) is 0 Å². The van der Waals surface area contributed by atoms with Crippen molar-refractivity contribution in [1.29, 1.82) is 0 Å². The molecule has 1 aliphatic heterocycles. The molecule has 1 amide bonds. The van der Waals surface area contributed by atoms with Gasteiger partial charge in [0.25, 0.3) is 0 Å². The normalized spacial score (nSPS) is 23.9. The van der Waals surface area contributed by atoms with Crippen LogP contribution in [0.15, 0.2) is 24.3 Å². The lowest BCUT2D eigenvalue weighted by Crippen LogP contribution is -2.57. The predicted molar refractivity (Wildman–Crippen MR) is 111 cm³/mol. The molecule has 1 heterocycles. The number of amides is 1. The molecule has 4 N–H and O–H groups in total. The second-order valence-electron chi connectivity index (χ2n) is 7.67. The Morgan fingerprint density at radius 1 is 1.34 bits per heavy atom. The molecule has 0 radical (unpaired) electrons. The van der Waals surface area contributed by atoms with Gasteiger partial charge in [-0.1, -0.05) is 18.6 Å². The Labute approximate surface area is 171 Å². The fraction of sp³-hybridized carbons (Fsp3) is 0.600. The van der Waals surface area contributed by atoms with Gasteiger partial charge in [0.1, 0.15) is 0 Å². The number of ether oxygens (including phenoxy) is 1. The van der Waals surface area contributed by atoms with Crippen LogP contribution in [0.4, 0.5) is 0 Å². The van der Waals surface area contributed by atoms with Gasteiger partial charge in [-0.15, -0.1) is 0 Å². The summed E-state index contributed by atoms with van der Waals surface area (Å²) in [6.07, 6.45) is 1.76. The Morgan fingerprint density at radius 2 is 2.10 bits per heavy atom. The molecule has 162 valence electrons. The summed E-state index contributed by atoms with van der Waals surface area (Å²) in [7, 11) is -3.43. The third-order valence-corrected chi connectivity index (χ3v) is 7.19. The van der Waals surface area contributed by atoms with E-state index in [2.05, 4.69) is 10.6 Å². The molecule has 8 nitrogen and oxygen atoms in total. The highest BCUT2D eigenvalue weighted by molar-refractivity contribution is 7.58. The first-order valence-electron chi connectivity index (χ1n) is 9.90. The molecule has 0 saturated carbocycles. The third kappa shape index (κ3) is 6.93. The van der Waals surface area contributed by atoms with Crippen molar-refractivity contribution in [3.05, 3.63) is 35.4 Å². The summed E-state index contributed by atoms with van der Waals surface area (Å²) in [5.41, 5.74) is 0.131. The lowest BCUT2D eigenvalue weighted by atomic mass is 9.85. The van der Waals surface area contributed by atoms with Gasteiger partial charge in [0.15, 0.2) is 0 Å². The van der Waals surface area contributed by atoms with Crippen LogP contribution >= 0.6 is 7.37 Å².